The van der Waals surface area contributed by atoms with Crippen LogP contribution in [0.3, 0.4) is 0 Å². The topological polar surface area (TPSA) is 54.9 Å². The van der Waals surface area contributed by atoms with Crippen LogP contribution in [0.2, 0.25) is 5.02 Å². The van der Waals surface area contributed by atoms with E-state index in [1.54, 1.807) is 7.05 Å². The van der Waals surface area contributed by atoms with Gasteiger partial charge in [-0.05, 0) is 49.7 Å². The third-order valence-corrected chi connectivity index (χ3v) is 4.92. The molecule has 0 bridgehead atoms. The molecule has 1 aromatic rings. The van der Waals surface area contributed by atoms with Crippen molar-refractivity contribution in [2.45, 2.75) is 32.1 Å². The molecule has 0 saturated carbocycles. The van der Waals surface area contributed by atoms with Gasteiger partial charge >= 0.3 is 0 Å². The van der Waals surface area contributed by atoms with Crippen LogP contribution >= 0.6 is 35.6 Å². The standard InChI is InChI=1S/C20H32ClN3O2.HI/c1-22-20(23-11-4-7-18-6-2-3-8-19(18)21)24-12-5-13-26-16-17-9-14-25-15-10-17;/h2-3,6,8,17H,4-5,7,9-16H2,1H3,(H2,22,23,24);1H. The molecule has 0 radical (unpaired) electrons. The first-order valence-corrected chi connectivity index (χ1v) is 10.0. The molecule has 7 heteroatoms. The van der Waals surface area contributed by atoms with Gasteiger partial charge in [0.05, 0.1) is 0 Å². The number of nitrogens with zero attached hydrogens (tertiary/aromatic N) is 1. The van der Waals surface area contributed by atoms with Crippen LogP contribution in [-0.4, -0.2) is 52.5 Å². The molecule has 1 aliphatic rings. The van der Waals surface area contributed by atoms with E-state index < -0.39 is 0 Å². The smallest absolute Gasteiger partial charge is 0.190 e. The van der Waals surface area contributed by atoms with Crippen molar-refractivity contribution in [2.75, 3.05) is 46.6 Å². The van der Waals surface area contributed by atoms with Crippen molar-refractivity contribution < 1.29 is 9.47 Å². The molecule has 1 aliphatic heterocycles. The number of guanidine groups is 1. The molecule has 2 N–H and O–H groups in total. The van der Waals surface area contributed by atoms with Gasteiger partial charge in [-0.25, -0.2) is 0 Å². The van der Waals surface area contributed by atoms with Crippen LogP contribution < -0.4 is 10.6 Å². The van der Waals surface area contributed by atoms with Crippen molar-refractivity contribution >= 4 is 41.5 Å². The monoisotopic (exact) mass is 509 g/mol. The summed E-state index contributed by atoms with van der Waals surface area (Å²) in [5.74, 6) is 1.51. The highest BCUT2D eigenvalue weighted by Gasteiger charge is 2.13. The number of rotatable bonds is 10. The van der Waals surface area contributed by atoms with E-state index >= 15 is 0 Å². The first-order valence-electron chi connectivity index (χ1n) is 9.63. The fourth-order valence-corrected chi connectivity index (χ4v) is 3.18. The first kappa shape index (κ1) is 24.5. The number of hydrogen-bond acceptors (Lipinski definition) is 3. The summed E-state index contributed by atoms with van der Waals surface area (Å²) in [7, 11) is 1.80. The Labute approximate surface area is 185 Å². The number of aliphatic imine (C=N–C) groups is 1. The molecule has 0 atom stereocenters. The molecule has 5 nitrogen and oxygen atoms in total. The second-order valence-electron chi connectivity index (χ2n) is 6.60. The lowest BCUT2D eigenvalue weighted by Gasteiger charge is -2.21. The summed E-state index contributed by atoms with van der Waals surface area (Å²) in [6.07, 6.45) is 5.21. The SMILES string of the molecule is CN=C(NCCCOCC1CCOCC1)NCCCc1ccccc1Cl.I. The Morgan fingerprint density at radius 3 is 2.59 bits per heavy atom. The molecule has 0 unspecified atom stereocenters. The summed E-state index contributed by atoms with van der Waals surface area (Å²) in [5, 5.41) is 7.52. The summed E-state index contributed by atoms with van der Waals surface area (Å²) < 4.78 is 11.1. The maximum absolute atomic E-state index is 6.18. The van der Waals surface area contributed by atoms with Crippen LogP contribution in [0.15, 0.2) is 29.3 Å². The maximum atomic E-state index is 6.18. The number of ether oxygens (including phenoxy) is 2. The van der Waals surface area contributed by atoms with Crippen molar-refractivity contribution in [3.05, 3.63) is 34.9 Å². The van der Waals surface area contributed by atoms with Gasteiger partial charge < -0.3 is 20.1 Å². The lowest BCUT2D eigenvalue weighted by molar-refractivity contribution is 0.0203. The van der Waals surface area contributed by atoms with Gasteiger partial charge in [0.1, 0.15) is 0 Å². The largest absolute Gasteiger partial charge is 0.381 e. The van der Waals surface area contributed by atoms with Crippen LogP contribution in [0, 0.1) is 5.92 Å². The quantitative estimate of drug-likeness (QED) is 0.217. The van der Waals surface area contributed by atoms with Crippen molar-refractivity contribution in [2.24, 2.45) is 10.9 Å². The lowest BCUT2D eigenvalue weighted by atomic mass is 10.0. The van der Waals surface area contributed by atoms with E-state index in [1.807, 2.05) is 18.2 Å². The van der Waals surface area contributed by atoms with Crippen LogP contribution in [0.4, 0.5) is 0 Å². The highest BCUT2D eigenvalue weighted by atomic mass is 127. The van der Waals surface area contributed by atoms with Crippen molar-refractivity contribution in [3.8, 4) is 0 Å². The number of halogens is 2. The molecule has 1 fully saturated rings. The Morgan fingerprint density at radius 2 is 1.89 bits per heavy atom. The summed E-state index contributed by atoms with van der Waals surface area (Å²) in [6.45, 7) is 5.14. The minimum atomic E-state index is 0. The molecule has 1 saturated heterocycles. The Kier molecular flexibility index (Phi) is 13.9. The maximum Gasteiger partial charge on any atom is 0.190 e. The first-order chi connectivity index (χ1) is 12.8. The minimum absolute atomic E-state index is 0. The Morgan fingerprint density at radius 1 is 1.19 bits per heavy atom. The van der Waals surface area contributed by atoms with Gasteiger partial charge in [-0.2, -0.15) is 0 Å². The zero-order chi connectivity index (χ0) is 18.5. The van der Waals surface area contributed by atoms with E-state index in [9.17, 15) is 0 Å². The van der Waals surface area contributed by atoms with E-state index in [0.29, 0.717) is 5.92 Å². The average Bonchev–Trinajstić information content (AvgIpc) is 2.68. The number of nitrogens with one attached hydrogen (secondary N) is 2. The lowest BCUT2D eigenvalue weighted by Crippen LogP contribution is -2.38. The fraction of sp³-hybridized carbons (Fsp3) is 0.650. The summed E-state index contributed by atoms with van der Waals surface area (Å²) in [5.41, 5.74) is 1.19. The molecule has 1 heterocycles. The predicted octanol–water partition coefficient (Wildman–Crippen LogP) is 3.89. The van der Waals surface area contributed by atoms with Gasteiger partial charge in [-0.1, -0.05) is 29.8 Å². The molecule has 1 aromatic carbocycles. The third kappa shape index (κ3) is 10.5. The highest BCUT2D eigenvalue weighted by molar-refractivity contribution is 14.0. The molecule has 0 aliphatic carbocycles. The predicted molar refractivity (Wildman–Crippen MR) is 124 cm³/mol. The molecular weight excluding hydrogens is 477 g/mol. The summed E-state index contributed by atoms with van der Waals surface area (Å²) >= 11 is 6.18. The zero-order valence-electron chi connectivity index (χ0n) is 16.2. The zero-order valence-corrected chi connectivity index (χ0v) is 19.3. The molecule has 0 aromatic heterocycles. The molecule has 0 amide bonds. The van der Waals surface area contributed by atoms with Crippen LogP contribution in [-0.2, 0) is 15.9 Å². The van der Waals surface area contributed by atoms with Crippen molar-refractivity contribution in [1.82, 2.24) is 10.6 Å². The van der Waals surface area contributed by atoms with Gasteiger partial charge in [0.2, 0.25) is 0 Å². The number of benzene rings is 1. The van der Waals surface area contributed by atoms with Gasteiger partial charge in [-0.3, -0.25) is 4.99 Å². The van der Waals surface area contributed by atoms with Crippen LogP contribution in [0.1, 0.15) is 31.2 Å². The van der Waals surface area contributed by atoms with E-state index in [1.165, 1.54) is 5.56 Å². The molecule has 0 spiro atoms. The van der Waals surface area contributed by atoms with E-state index in [0.717, 1.165) is 82.6 Å². The average molecular weight is 510 g/mol. The molecule has 27 heavy (non-hydrogen) atoms. The van der Waals surface area contributed by atoms with Crippen LogP contribution in [0.5, 0.6) is 0 Å². The second kappa shape index (κ2) is 15.4. The second-order valence-corrected chi connectivity index (χ2v) is 7.01. The normalized spacial score (nSPS) is 15.3. The minimum Gasteiger partial charge on any atom is -0.381 e. The molecule has 154 valence electrons. The Balaban J connectivity index is 0.00000364. The summed E-state index contributed by atoms with van der Waals surface area (Å²) in [6, 6.07) is 8.01. The number of hydrogen-bond donors (Lipinski definition) is 2. The van der Waals surface area contributed by atoms with Gasteiger partial charge in [0.15, 0.2) is 5.96 Å². The molecule has 2 rings (SSSR count). The Bertz CT molecular complexity index is 540. The van der Waals surface area contributed by atoms with Crippen LogP contribution in [0.25, 0.3) is 0 Å². The third-order valence-electron chi connectivity index (χ3n) is 4.55. The fourth-order valence-electron chi connectivity index (χ4n) is 2.95. The van der Waals surface area contributed by atoms with Gasteiger partial charge in [0.25, 0.3) is 0 Å². The Hall–Kier alpha value is -0.570. The van der Waals surface area contributed by atoms with Gasteiger partial charge in [-0.15, -0.1) is 24.0 Å². The van der Waals surface area contributed by atoms with E-state index in [-0.39, 0.29) is 24.0 Å². The molecular formula is C20H33ClIN3O2. The number of aryl methyl sites for hydroxylation is 1. The van der Waals surface area contributed by atoms with Gasteiger partial charge in [0, 0.05) is 51.6 Å². The summed E-state index contributed by atoms with van der Waals surface area (Å²) in [4.78, 5) is 4.26. The highest BCUT2D eigenvalue weighted by Crippen LogP contribution is 2.16. The van der Waals surface area contributed by atoms with Crippen molar-refractivity contribution in [3.63, 3.8) is 0 Å². The van der Waals surface area contributed by atoms with E-state index in [4.69, 9.17) is 21.1 Å². The van der Waals surface area contributed by atoms with E-state index in [2.05, 4.69) is 21.7 Å². The van der Waals surface area contributed by atoms with Crippen molar-refractivity contribution in [1.29, 1.82) is 0 Å².